The third-order valence-corrected chi connectivity index (χ3v) is 7.18. The van der Waals surface area contributed by atoms with Gasteiger partial charge in [0.2, 0.25) is 5.91 Å². The lowest BCUT2D eigenvalue weighted by molar-refractivity contribution is -0.123. The van der Waals surface area contributed by atoms with Crippen molar-refractivity contribution in [3.8, 4) is 0 Å². The first-order valence-electron chi connectivity index (χ1n) is 9.44. The fraction of sp³-hybridized carbons (Fsp3) is 0.579. The van der Waals surface area contributed by atoms with Crippen molar-refractivity contribution in [2.45, 2.75) is 25.3 Å². The van der Waals surface area contributed by atoms with Crippen LogP contribution in [0.1, 0.15) is 30.1 Å². The summed E-state index contributed by atoms with van der Waals surface area (Å²) in [6.45, 7) is 4.22. The number of benzene rings is 1. The van der Waals surface area contributed by atoms with E-state index in [1.807, 2.05) is 4.90 Å². The molecule has 9 heteroatoms. The van der Waals surface area contributed by atoms with E-state index in [1.165, 1.54) is 24.3 Å². The minimum Gasteiger partial charge on any atom is -0.349 e. The molecule has 0 saturated carbocycles. The van der Waals surface area contributed by atoms with Crippen molar-refractivity contribution >= 4 is 21.7 Å². The van der Waals surface area contributed by atoms with E-state index in [9.17, 15) is 22.4 Å². The second-order valence-corrected chi connectivity index (χ2v) is 10.1. The normalized spacial score (nSPS) is 25.3. The Morgan fingerprint density at radius 1 is 1.14 bits per heavy atom. The number of carbonyl (C=O) groups excluding carboxylic acids is 2. The fourth-order valence-electron chi connectivity index (χ4n) is 3.80. The Morgan fingerprint density at radius 2 is 1.86 bits per heavy atom. The first kappa shape index (κ1) is 20.7. The maximum absolute atomic E-state index is 13.0. The van der Waals surface area contributed by atoms with E-state index in [0.29, 0.717) is 38.2 Å². The number of nitrogens with zero attached hydrogens (tertiary/aromatic N) is 2. The lowest BCUT2D eigenvalue weighted by atomic mass is 10.0. The second kappa shape index (κ2) is 8.16. The van der Waals surface area contributed by atoms with Crippen LogP contribution in [0.5, 0.6) is 0 Å². The van der Waals surface area contributed by atoms with Crippen LogP contribution in [0.4, 0.5) is 4.39 Å². The van der Waals surface area contributed by atoms with Gasteiger partial charge in [0.25, 0.3) is 5.91 Å². The van der Waals surface area contributed by atoms with E-state index < -0.39 is 15.4 Å². The minimum atomic E-state index is -3.08. The van der Waals surface area contributed by atoms with Crippen LogP contribution in [-0.2, 0) is 14.6 Å². The number of sulfone groups is 1. The molecule has 28 heavy (non-hydrogen) atoms. The first-order chi connectivity index (χ1) is 13.2. The number of hydrogen-bond acceptors (Lipinski definition) is 5. The average Bonchev–Trinajstić information content (AvgIpc) is 2.78. The van der Waals surface area contributed by atoms with Crippen LogP contribution in [0.2, 0.25) is 0 Å². The van der Waals surface area contributed by atoms with Gasteiger partial charge < -0.3 is 10.2 Å². The van der Waals surface area contributed by atoms with Gasteiger partial charge in [0, 0.05) is 31.7 Å². The highest BCUT2D eigenvalue weighted by Gasteiger charge is 2.39. The van der Waals surface area contributed by atoms with Crippen molar-refractivity contribution in [3.05, 3.63) is 35.6 Å². The summed E-state index contributed by atoms with van der Waals surface area (Å²) in [7, 11) is -3.08. The van der Waals surface area contributed by atoms with Crippen molar-refractivity contribution in [3.63, 3.8) is 0 Å². The number of halogens is 1. The molecule has 2 amide bonds. The van der Waals surface area contributed by atoms with Gasteiger partial charge in [-0.25, -0.2) is 12.8 Å². The van der Waals surface area contributed by atoms with Crippen LogP contribution in [-0.4, -0.2) is 79.8 Å². The summed E-state index contributed by atoms with van der Waals surface area (Å²) >= 11 is 0. The van der Waals surface area contributed by atoms with Gasteiger partial charge in [-0.15, -0.1) is 0 Å². The van der Waals surface area contributed by atoms with Gasteiger partial charge in [-0.1, -0.05) is 0 Å². The average molecular weight is 411 g/mol. The smallest absolute Gasteiger partial charge is 0.253 e. The molecule has 0 spiro atoms. The summed E-state index contributed by atoms with van der Waals surface area (Å²) in [5.41, 5.74) is -0.255. The van der Waals surface area contributed by atoms with Gasteiger partial charge >= 0.3 is 0 Å². The van der Waals surface area contributed by atoms with Gasteiger partial charge in [-0.2, -0.15) is 0 Å². The number of nitrogens with one attached hydrogen (secondary N) is 1. The molecule has 1 N–H and O–H groups in total. The van der Waals surface area contributed by atoms with Gasteiger partial charge in [-0.3, -0.25) is 14.5 Å². The molecule has 0 aliphatic carbocycles. The molecule has 2 aliphatic heterocycles. The van der Waals surface area contributed by atoms with E-state index in [4.69, 9.17) is 0 Å². The van der Waals surface area contributed by atoms with Crippen LogP contribution in [0.15, 0.2) is 24.3 Å². The van der Waals surface area contributed by atoms with Crippen LogP contribution >= 0.6 is 0 Å². The molecular weight excluding hydrogens is 385 g/mol. The predicted molar refractivity (Wildman–Crippen MR) is 103 cm³/mol. The highest BCUT2D eigenvalue weighted by atomic mass is 32.2. The largest absolute Gasteiger partial charge is 0.349 e. The van der Waals surface area contributed by atoms with Crippen molar-refractivity contribution in [1.82, 2.24) is 15.1 Å². The summed E-state index contributed by atoms with van der Waals surface area (Å²) in [5.74, 6) is -0.638. The van der Waals surface area contributed by atoms with Crippen molar-refractivity contribution in [2.24, 2.45) is 0 Å². The number of amides is 2. The molecule has 154 valence electrons. The molecule has 1 atom stereocenters. The molecule has 1 aromatic rings. The Labute approximate surface area is 164 Å². The molecule has 3 rings (SSSR count). The molecule has 0 bridgehead atoms. The van der Waals surface area contributed by atoms with Crippen LogP contribution in [0.3, 0.4) is 0 Å². The molecule has 2 saturated heterocycles. The van der Waals surface area contributed by atoms with Crippen molar-refractivity contribution in [1.29, 1.82) is 0 Å². The SMILES string of the molecule is CC1(NC(=O)CN2CCCN(C(=O)c3ccc(F)cc3)CC2)CCS(=O)(=O)C1. The summed E-state index contributed by atoms with van der Waals surface area (Å²) in [4.78, 5) is 28.7. The summed E-state index contributed by atoms with van der Waals surface area (Å²) in [5, 5.41) is 2.87. The minimum absolute atomic E-state index is 0.0221. The Balaban J connectivity index is 1.51. The molecule has 2 fully saturated rings. The van der Waals surface area contributed by atoms with Crippen LogP contribution < -0.4 is 5.32 Å². The summed E-state index contributed by atoms with van der Waals surface area (Å²) < 4.78 is 36.4. The molecule has 2 heterocycles. The number of rotatable bonds is 4. The molecule has 7 nitrogen and oxygen atoms in total. The number of carbonyl (C=O) groups is 2. The van der Waals surface area contributed by atoms with Gasteiger partial charge in [0.15, 0.2) is 9.84 Å². The first-order valence-corrected chi connectivity index (χ1v) is 11.3. The van der Waals surface area contributed by atoms with E-state index in [0.717, 1.165) is 6.42 Å². The third kappa shape index (κ3) is 5.29. The zero-order valence-electron chi connectivity index (χ0n) is 16.0. The van der Waals surface area contributed by atoms with E-state index in [-0.39, 0.29) is 35.7 Å². The topological polar surface area (TPSA) is 86.8 Å². The third-order valence-electron chi connectivity index (χ3n) is 5.28. The van der Waals surface area contributed by atoms with Crippen molar-refractivity contribution in [2.75, 3.05) is 44.2 Å². The molecule has 1 aromatic carbocycles. The fourth-order valence-corrected chi connectivity index (χ4v) is 5.89. The molecule has 0 aromatic heterocycles. The molecule has 1 unspecified atom stereocenters. The van der Waals surface area contributed by atoms with Crippen molar-refractivity contribution < 1.29 is 22.4 Å². The maximum atomic E-state index is 13.0. The van der Waals surface area contributed by atoms with E-state index in [2.05, 4.69) is 5.32 Å². The quantitative estimate of drug-likeness (QED) is 0.787. The summed E-state index contributed by atoms with van der Waals surface area (Å²) in [6.07, 6.45) is 1.16. The lowest BCUT2D eigenvalue weighted by Gasteiger charge is -2.26. The zero-order valence-corrected chi connectivity index (χ0v) is 16.8. The highest BCUT2D eigenvalue weighted by molar-refractivity contribution is 7.91. The number of hydrogen-bond donors (Lipinski definition) is 1. The van der Waals surface area contributed by atoms with Crippen LogP contribution in [0.25, 0.3) is 0 Å². The predicted octanol–water partition coefficient (Wildman–Crippen LogP) is 0.667. The standard InChI is InChI=1S/C19H26FN3O4S/c1-19(7-12-28(26,27)14-19)21-17(24)13-22-8-2-9-23(11-10-22)18(25)15-3-5-16(20)6-4-15/h3-6H,2,7-14H2,1H3,(H,21,24). The lowest BCUT2D eigenvalue weighted by Crippen LogP contribution is -2.50. The molecular formula is C19H26FN3O4S. The van der Waals surface area contributed by atoms with Crippen LogP contribution in [0, 0.1) is 5.82 Å². The van der Waals surface area contributed by atoms with Gasteiger partial charge in [0.05, 0.1) is 23.6 Å². The Bertz CT molecular complexity index is 843. The zero-order chi connectivity index (χ0) is 20.4. The summed E-state index contributed by atoms with van der Waals surface area (Å²) in [6, 6.07) is 5.49. The van der Waals surface area contributed by atoms with Gasteiger partial charge in [0.1, 0.15) is 5.82 Å². The Kier molecular flexibility index (Phi) is 6.04. The molecule has 0 radical (unpaired) electrons. The highest BCUT2D eigenvalue weighted by Crippen LogP contribution is 2.22. The second-order valence-electron chi connectivity index (χ2n) is 7.88. The Morgan fingerprint density at radius 3 is 2.50 bits per heavy atom. The maximum Gasteiger partial charge on any atom is 0.253 e. The monoisotopic (exact) mass is 411 g/mol. The van der Waals surface area contributed by atoms with E-state index in [1.54, 1.807) is 11.8 Å². The van der Waals surface area contributed by atoms with Gasteiger partial charge in [-0.05, 0) is 44.0 Å². The van der Waals surface area contributed by atoms with E-state index >= 15 is 0 Å². The Hall–Kier alpha value is -2.00. The molecule has 2 aliphatic rings.